The zero-order chi connectivity index (χ0) is 13.1. The third-order valence-electron chi connectivity index (χ3n) is 4.15. The van der Waals surface area contributed by atoms with Crippen molar-refractivity contribution in [2.24, 2.45) is 11.7 Å². The Bertz CT molecular complexity index is 332. The second kappa shape index (κ2) is 5.69. The van der Waals surface area contributed by atoms with Gasteiger partial charge in [-0.3, -0.25) is 9.59 Å². The van der Waals surface area contributed by atoms with E-state index in [0.29, 0.717) is 13.1 Å². The normalized spacial score (nSPS) is 32.3. The molecular weight excluding hydrogens is 230 g/mol. The Morgan fingerprint density at radius 2 is 1.94 bits per heavy atom. The van der Waals surface area contributed by atoms with E-state index in [1.807, 2.05) is 0 Å². The van der Waals surface area contributed by atoms with Crippen LogP contribution < -0.4 is 11.1 Å². The smallest absolute Gasteiger partial charge is 0.225 e. The molecule has 102 valence electrons. The lowest BCUT2D eigenvalue weighted by Crippen LogP contribution is -2.51. The largest absolute Gasteiger partial charge is 0.352 e. The van der Waals surface area contributed by atoms with Crippen LogP contribution in [0.4, 0.5) is 0 Å². The summed E-state index contributed by atoms with van der Waals surface area (Å²) in [4.78, 5) is 25.1. The molecule has 2 rings (SSSR count). The monoisotopic (exact) mass is 253 g/mol. The Morgan fingerprint density at radius 3 is 2.56 bits per heavy atom. The Kier molecular flexibility index (Phi) is 4.22. The summed E-state index contributed by atoms with van der Waals surface area (Å²) in [7, 11) is 0. The Hall–Kier alpha value is -1.10. The number of hydrogen-bond donors (Lipinski definition) is 2. The van der Waals surface area contributed by atoms with E-state index in [-0.39, 0.29) is 29.8 Å². The Balaban J connectivity index is 1.83. The van der Waals surface area contributed by atoms with Crippen molar-refractivity contribution in [3.63, 3.8) is 0 Å². The summed E-state index contributed by atoms with van der Waals surface area (Å²) < 4.78 is 0. The topological polar surface area (TPSA) is 75.4 Å². The van der Waals surface area contributed by atoms with Crippen molar-refractivity contribution >= 4 is 11.8 Å². The number of hydrogen-bond acceptors (Lipinski definition) is 3. The van der Waals surface area contributed by atoms with Crippen LogP contribution in [0.25, 0.3) is 0 Å². The second-order valence-corrected chi connectivity index (χ2v) is 5.51. The fourth-order valence-electron chi connectivity index (χ4n) is 2.90. The minimum absolute atomic E-state index is 0.0528. The molecule has 1 heterocycles. The number of carbonyl (C=O) groups excluding carboxylic acids is 2. The highest BCUT2D eigenvalue weighted by atomic mass is 16.2. The maximum atomic E-state index is 12.1. The maximum Gasteiger partial charge on any atom is 0.225 e. The summed E-state index contributed by atoms with van der Waals surface area (Å²) in [5.41, 5.74) is 6.02. The average molecular weight is 253 g/mol. The predicted molar refractivity (Wildman–Crippen MR) is 68.7 cm³/mol. The molecule has 2 amide bonds. The molecule has 0 aromatic rings. The lowest BCUT2D eigenvalue weighted by molar-refractivity contribution is -0.128. The molecule has 0 aromatic heterocycles. The van der Waals surface area contributed by atoms with Crippen LogP contribution in [0.1, 0.15) is 39.0 Å². The van der Waals surface area contributed by atoms with Gasteiger partial charge in [-0.05, 0) is 19.3 Å². The number of nitrogens with one attached hydrogen (secondary N) is 1. The van der Waals surface area contributed by atoms with Crippen molar-refractivity contribution in [3.05, 3.63) is 0 Å². The molecule has 2 aliphatic rings. The summed E-state index contributed by atoms with van der Waals surface area (Å²) in [6.45, 7) is 2.81. The van der Waals surface area contributed by atoms with Crippen molar-refractivity contribution in [3.8, 4) is 0 Å². The molecule has 3 N–H and O–H groups in total. The van der Waals surface area contributed by atoms with Crippen molar-refractivity contribution in [2.45, 2.75) is 51.1 Å². The summed E-state index contributed by atoms with van der Waals surface area (Å²) in [6, 6.07) is 0.214. The molecular formula is C13H23N3O2. The summed E-state index contributed by atoms with van der Waals surface area (Å²) in [5, 5.41) is 3.07. The molecule has 1 saturated heterocycles. The standard InChI is InChI=1S/C13H23N3O2/c1-9(17)16-7-6-10(8-16)13(18)15-12-5-3-2-4-11(12)14/h10-12H,2-8,14H2,1H3,(H,15,18)/t10-,11+,12+/m0/s1. The van der Waals surface area contributed by atoms with Gasteiger partial charge in [0.1, 0.15) is 0 Å². The van der Waals surface area contributed by atoms with Crippen LogP contribution in [0.3, 0.4) is 0 Å². The van der Waals surface area contributed by atoms with Gasteiger partial charge in [0.05, 0.1) is 5.92 Å². The molecule has 1 saturated carbocycles. The van der Waals surface area contributed by atoms with Gasteiger partial charge in [-0.1, -0.05) is 12.8 Å². The molecule has 18 heavy (non-hydrogen) atoms. The van der Waals surface area contributed by atoms with Gasteiger partial charge in [-0.25, -0.2) is 0 Å². The Morgan fingerprint density at radius 1 is 1.22 bits per heavy atom. The molecule has 5 nitrogen and oxygen atoms in total. The van der Waals surface area contributed by atoms with Gasteiger partial charge < -0.3 is 16.0 Å². The van der Waals surface area contributed by atoms with Crippen LogP contribution in [0.5, 0.6) is 0 Å². The van der Waals surface area contributed by atoms with E-state index in [2.05, 4.69) is 5.32 Å². The van der Waals surface area contributed by atoms with E-state index in [1.165, 1.54) is 0 Å². The zero-order valence-corrected chi connectivity index (χ0v) is 11.0. The number of likely N-dealkylation sites (tertiary alicyclic amines) is 1. The predicted octanol–water partition coefficient (Wildman–Crippen LogP) is 0.241. The van der Waals surface area contributed by atoms with Gasteiger partial charge in [0.25, 0.3) is 0 Å². The van der Waals surface area contributed by atoms with Crippen LogP contribution in [0, 0.1) is 5.92 Å². The molecule has 3 atom stereocenters. The molecule has 0 spiro atoms. The van der Waals surface area contributed by atoms with Crippen LogP contribution in [0.2, 0.25) is 0 Å². The molecule has 1 aliphatic carbocycles. The number of nitrogens with zero attached hydrogens (tertiary/aromatic N) is 1. The van der Waals surface area contributed by atoms with Gasteiger partial charge in [0.2, 0.25) is 11.8 Å². The first-order valence-corrected chi connectivity index (χ1v) is 6.89. The van der Waals surface area contributed by atoms with Crippen molar-refractivity contribution in [1.29, 1.82) is 0 Å². The third kappa shape index (κ3) is 3.02. The zero-order valence-electron chi connectivity index (χ0n) is 11.0. The summed E-state index contributed by atoms with van der Waals surface area (Å²) >= 11 is 0. The average Bonchev–Trinajstić information content (AvgIpc) is 2.81. The highest BCUT2D eigenvalue weighted by Crippen LogP contribution is 2.20. The second-order valence-electron chi connectivity index (χ2n) is 5.51. The quantitative estimate of drug-likeness (QED) is 0.740. The highest BCUT2D eigenvalue weighted by Gasteiger charge is 2.32. The first-order chi connectivity index (χ1) is 8.58. The first-order valence-electron chi connectivity index (χ1n) is 6.89. The van der Waals surface area contributed by atoms with E-state index < -0.39 is 0 Å². The van der Waals surface area contributed by atoms with Crippen molar-refractivity contribution in [2.75, 3.05) is 13.1 Å². The fraction of sp³-hybridized carbons (Fsp3) is 0.846. The number of carbonyl (C=O) groups is 2. The summed E-state index contributed by atoms with van der Waals surface area (Å²) in [5.74, 6) is 0.0730. The third-order valence-corrected chi connectivity index (χ3v) is 4.15. The minimum Gasteiger partial charge on any atom is -0.352 e. The molecule has 1 aliphatic heterocycles. The van der Waals surface area contributed by atoms with Crippen molar-refractivity contribution in [1.82, 2.24) is 10.2 Å². The van der Waals surface area contributed by atoms with Crippen LogP contribution in [-0.4, -0.2) is 41.9 Å². The Labute approximate surface area is 108 Å². The maximum absolute atomic E-state index is 12.1. The molecule has 2 fully saturated rings. The van der Waals surface area contributed by atoms with Gasteiger partial charge in [0.15, 0.2) is 0 Å². The fourth-order valence-corrected chi connectivity index (χ4v) is 2.90. The lowest BCUT2D eigenvalue weighted by Gasteiger charge is -2.30. The van der Waals surface area contributed by atoms with Gasteiger partial charge in [-0.15, -0.1) is 0 Å². The highest BCUT2D eigenvalue weighted by molar-refractivity contribution is 5.81. The van der Waals surface area contributed by atoms with E-state index in [1.54, 1.807) is 11.8 Å². The van der Waals surface area contributed by atoms with Crippen LogP contribution in [-0.2, 0) is 9.59 Å². The van der Waals surface area contributed by atoms with Crippen LogP contribution >= 0.6 is 0 Å². The first kappa shape index (κ1) is 13.3. The molecule has 0 unspecified atom stereocenters. The van der Waals surface area contributed by atoms with E-state index in [4.69, 9.17) is 5.73 Å². The van der Waals surface area contributed by atoms with E-state index >= 15 is 0 Å². The number of rotatable bonds is 2. The lowest BCUT2D eigenvalue weighted by atomic mass is 9.90. The minimum atomic E-state index is -0.0528. The van der Waals surface area contributed by atoms with Gasteiger partial charge >= 0.3 is 0 Å². The molecule has 0 aromatic carbocycles. The van der Waals surface area contributed by atoms with Crippen molar-refractivity contribution < 1.29 is 9.59 Å². The van der Waals surface area contributed by atoms with Gasteiger partial charge in [-0.2, -0.15) is 0 Å². The molecule has 0 radical (unpaired) electrons. The summed E-state index contributed by atoms with van der Waals surface area (Å²) in [6.07, 6.45) is 5.05. The van der Waals surface area contributed by atoms with E-state index in [0.717, 1.165) is 32.1 Å². The number of nitrogens with two attached hydrogens (primary N) is 1. The molecule has 5 heteroatoms. The van der Waals surface area contributed by atoms with Crippen LogP contribution in [0.15, 0.2) is 0 Å². The number of amides is 2. The van der Waals surface area contributed by atoms with E-state index in [9.17, 15) is 9.59 Å². The SMILES string of the molecule is CC(=O)N1CC[C@H](C(=O)N[C@@H]2CCCC[C@H]2N)C1. The van der Waals surface area contributed by atoms with Gasteiger partial charge in [0, 0.05) is 32.1 Å². The molecule has 0 bridgehead atoms.